The number of nitrogens with zero attached hydrogens (tertiary/aromatic N) is 3. The summed E-state index contributed by atoms with van der Waals surface area (Å²) in [6.45, 7) is 4.13. The molecule has 0 spiro atoms. The normalized spacial score (nSPS) is 10.1. The van der Waals surface area contributed by atoms with Gasteiger partial charge in [-0.15, -0.1) is 0 Å². The topological polar surface area (TPSA) is 67.8 Å². The summed E-state index contributed by atoms with van der Waals surface area (Å²) in [7, 11) is 0. The summed E-state index contributed by atoms with van der Waals surface area (Å²) in [5, 5.41) is 2.81. The Morgan fingerprint density at radius 3 is 2.48 bits per heavy atom. The number of benzene rings is 1. The van der Waals surface area contributed by atoms with E-state index in [1.54, 1.807) is 12.4 Å². The predicted molar refractivity (Wildman–Crippen MR) is 88.8 cm³/mol. The number of carbonyl (C=O) groups is 1. The van der Waals surface area contributed by atoms with Gasteiger partial charge in [-0.2, -0.15) is 0 Å². The van der Waals surface area contributed by atoms with Gasteiger partial charge in [0.05, 0.1) is 18.1 Å². The van der Waals surface area contributed by atoms with Crippen molar-refractivity contribution in [2.75, 3.05) is 5.32 Å². The van der Waals surface area contributed by atoms with Crippen LogP contribution < -0.4 is 5.32 Å². The Balaban J connectivity index is 1.90. The van der Waals surface area contributed by atoms with Crippen molar-refractivity contribution in [1.82, 2.24) is 15.0 Å². The Kier molecular flexibility index (Phi) is 4.20. The van der Waals surface area contributed by atoms with Crippen molar-refractivity contribution < 1.29 is 4.79 Å². The predicted octanol–water partition coefficient (Wildman–Crippen LogP) is 3.19. The third kappa shape index (κ3) is 3.29. The first-order valence-corrected chi connectivity index (χ1v) is 7.02. The number of anilines is 1. The Bertz CT molecular complexity index is 832. The van der Waals surface area contributed by atoms with Gasteiger partial charge in [0.15, 0.2) is 0 Å². The highest BCUT2D eigenvalue weighted by atomic mass is 16.1. The number of carbonyl (C=O) groups excluding carboxylic acids is 1. The first-order valence-electron chi connectivity index (χ1n) is 7.02. The zero-order valence-corrected chi connectivity index (χ0v) is 12.3. The average Bonchev–Trinajstić information content (AvgIpc) is 2.63. The molecule has 23 heavy (non-hydrogen) atoms. The quantitative estimate of drug-likeness (QED) is 0.803. The van der Waals surface area contributed by atoms with Crippen LogP contribution in [0.3, 0.4) is 0 Å². The molecule has 112 valence electrons. The van der Waals surface area contributed by atoms with E-state index in [1.807, 2.05) is 36.4 Å². The van der Waals surface area contributed by atoms with Crippen molar-refractivity contribution in [3.63, 3.8) is 0 Å². The van der Waals surface area contributed by atoms with Crippen LogP contribution in [0.5, 0.6) is 0 Å². The molecule has 0 unspecified atom stereocenters. The lowest BCUT2D eigenvalue weighted by molar-refractivity contribution is 0.102. The minimum absolute atomic E-state index is 0.243. The first kappa shape index (κ1) is 14.6. The fraction of sp³-hybridized carbons (Fsp3) is 0. The molecule has 0 fully saturated rings. The van der Waals surface area contributed by atoms with Crippen LogP contribution in [0.2, 0.25) is 0 Å². The van der Waals surface area contributed by atoms with Crippen LogP contribution in [-0.2, 0) is 0 Å². The number of rotatable bonds is 4. The maximum atomic E-state index is 12.3. The third-order valence-electron chi connectivity index (χ3n) is 3.31. The van der Waals surface area contributed by atoms with Crippen LogP contribution >= 0.6 is 0 Å². The first-order chi connectivity index (χ1) is 11.3. The van der Waals surface area contributed by atoms with Gasteiger partial charge in [-0.1, -0.05) is 36.9 Å². The monoisotopic (exact) mass is 302 g/mol. The van der Waals surface area contributed by atoms with E-state index in [0.717, 1.165) is 16.7 Å². The second-order valence-corrected chi connectivity index (χ2v) is 4.81. The molecular formula is C18H14N4O. The maximum Gasteiger partial charge on any atom is 0.275 e. The lowest BCUT2D eigenvalue weighted by Crippen LogP contribution is -2.15. The summed E-state index contributed by atoms with van der Waals surface area (Å²) < 4.78 is 0. The fourth-order valence-corrected chi connectivity index (χ4v) is 2.15. The molecular weight excluding hydrogens is 288 g/mol. The van der Waals surface area contributed by atoms with Gasteiger partial charge in [0.25, 0.3) is 5.91 Å². The molecule has 5 heteroatoms. The molecule has 5 nitrogen and oxygen atoms in total. The van der Waals surface area contributed by atoms with E-state index in [9.17, 15) is 4.79 Å². The van der Waals surface area contributed by atoms with E-state index >= 15 is 0 Å². The van der Waals surface area contributed by atoms with Crippen LogP contribution in [-0.4, -0.2) is 20.9 Å². The molecule has 2 aromatic heterocycles. The molecule has 0 aliphatic rings. The minimum atomic E-state index is -0.340. The SMILES string of the molecule is C=C(c1ccccc1)c1ccncc1NC(=O)c1cnccn1. The highest BCUT2D eigenvalue weighted by Crippen LogP contribution is 2.27. The summed E-state index contributed by atoms with van der Waals surface area (Å²) in [5.74, 6) is -0.340. The Labute approximate surface area is 133 Å². The molecule has 2 heterocycles. The van der Waals surface area contributed by atoms with Crippen LogP contribution in [0.4, 0.5) is 5.69 Å². The summed E-state index contributed by atoms with van der Waals surface area (Å²) in [4.78, 5) is 24.2. The Morgan fingerprint density at radius 2 is 1.74 bits per heavy atom. The zero-order chi connectivity index (χ0) is 16.1. The van der Waals surface area contributed by atoms with E-state index in [-0.39, 0.29) is 11.6 Å². The number of aromatic nitrogens is 3. The van der Waals surface area contributed by atoms with Gasteiger partial charge in [-0.25, -0.2) is 4.98 Å². The van der Waals surface area contributed by atoms with Gasteiger partial charge in [0.2, 0.25) is 0 Å². The van der Waals surface area contributed by atoms with Crippen molar-refractivity contribution in [2.45, 2.75) is 0 Å². The molecule has 0 radical (unpaired) electrons. The molecule has 3 aromatic rings. The van der Waals surface area contributed by atoms with Crippen LogP contribution in [0.15, 0.2) is 74.0 Å². The Hall–Kier alpha value is -3.34. The fourth-order valence-electron chi connectivity index (χ4n) is 2.15. The van der Waals surface area contributed by atoms with Crippen molar-refractivity contribution >= 4 is 17.2 Å². The van der Waals surface area contributed by atoms with Crippen LogP contribution in [0.25, 0.3) is 5.57 Å². The van der Waals surface area contributed by atoms with Gasteiger partial charge in [0, 0.05) is 24.2 Å². The number of hydrogen-bond donors (Lipinski definition) is 1. The lowest BCUT2D eigenvalue weighted by atomic mass is 9.99. The molecule has 0 bridgehead atoms. The number of hydrogen-bond acceptors (Lipinski definition) is 4. The molecule has 0 atom stereocenters. The van der Waals surface area contributed by atoms with Gasteiger partial charge in [-0.3, -0.25) is 14.8 Å². The van der Waals surface area contributed by atoms with Crippen molar-refractivity contribution in [3.8, 4) is 0 Å². The molecule has 1 aromatic carbocycles. The highest BCUT2D eigenvalue weighted by molar-refractivity contribution is 6.04. The van der Waals surface area contributed by atoms with Crippen LogP contribution in [0, 0.1) is 0 Å². The molecule has 0 aliphatic carbocycles. The smallest absolute Gasteiger partial charge is 0.275 e. The van der Waals surface area contributed by atoms with Crippen molar-refractivity contribution in [1.29, 1.82) is 0 Å². The van der Waals surface area contributed by atoms with Crippen molar-refractivity contribution in [3.05, 3.63) is 90.8 Å². The van der Waals surface area contributed by atoms with Gasteiger partial charge in [-0.05, 0) is 17.2 Å². The minimum Gasteiger partial charge on any atom is -0.319 e. The van der Waals surface area contributed by atoms with E-state index in [0.29, 0.717) is 5.69 Å². The molecule has 1 amide bonds. The van der Waals surface area contributed by atoms with Gasteiger partial charge in [0.1, 0.15) is 5.69 Å². The van der Waals surface area contributed by atoms with E-state index < -0.39 is 0 Å². The summed E-state index contributed by atoms with van der Waals surface area (Å²) in [6, 6.07) is 11.6. The van der Waals surface area contributed by atoms with E-state index in [1.165, 1.54) is 18.6 Å². The maximum absolute atomic E-state index is 12.3. The highest BCUT2D eigenvalue weighted by Gasteiger charge is 2.13. The molecule has 0 aliphatic heterocycles. The average molecular weight is 302 g/mol. The zero-order valence-electron chi connectivity index (χ0n) is 12.3. The number of pyridine rings is 1. The summed E-state index contributed by atoms with van der Waals surface area (Å²) in [5.41, 5.74) is 3.42. The largest absolute Gasteiger partial charge is 0.319 e. The number of amides is 1. The second-order valence-electron chi connectivity index (χ2n) is 4.81. The number of nitrogens with one attached hydrogen (secondary N) is 1. The van der Waals surface area contributed by atoms with E-state index in [4.69, 9.17) is 0 Å². The third-order valence-corrected chi connectivity index (χ3v) is 3.31. The van der Waals surface area contributed by atoms with Crippen LogP contribution in [0.1, 0.15) is 21.6 Å². The van der Waals surface area contributed by atoms with Crippen molar-refractivity contribution in [2.24, 2.45) is 0 Å². The Morgan fingerprint density at radius 1 is 0.957 bits per heavy atom. The molecule has 0 saturated heterocycles. The summed E-state index contributed by atoms with van der Waals surface area (Å²) >= 11 is 0. The summed E-state index contributed by atoms with van der Waals surface area (Å²) in [6.07, 6.45) is 7.67. The molecule has 0 saturated carbocycles. The van der Waals surface area contributed by atoms with E-state index in [2.05, 4.69) is 26.8 Å². The van der Waals surface area contributed by atoms with Gasteiger partial charge >= 0.3 is 0 Å². The molecule has 1 N–H and O–H groups in total. The second kappa shape index (κ2) is 6.62. The van der Waals surface area contributed by atoms with Gasteiger partial charge < -0.3 is 5.32 Å². The molecule has 3 rings (SSSR count). The standard InChI is InChI=1S/C18H14N4O/c1-13(14-5-3-2-4-6-14)15-7-8-19-11-16(15)22-18(23)17-12-20-9-10-21-17/h2-12H,1H2,(H,22,23). The lowest BCUT2D eigenvalue weighted by Gasteiger charge is -2.12.